The monoisotopic (exact) mass is 431 g/mol. The van der Waals surface area contributed by atoms with E-state index in [1.54, 1.807) is 42.2 Å². The van der Waals surface area contributed by atoms with Gasteiger partial charge in [-0.25, -0.2) is 4.98 Å². The molecule has 0 atom stereocenters. The van der Waals surface area contributed by atoms with Gasteiger partial charge in [0.15, 0.2) is 0 Å². The third-order valence-corrected chi connectivity index (χ3v) is 5.91. The molecule has 7 heteroatoms. The number of amides is 3. The van der Waals surface area contributed by atoms with Crippen LogP contribution in [0.15, 0.2) is 78.0 Å². The van der Waals surface area contributed by atoms with Gasteiger partial charge in [-0.05, 0) is 48.4 Å². The van der Waals surface area contributed by atoms with Crippen molar-refractivity contribution in [2.45, 2.75) is 23.6 Å². The predicted octanol–water partition coefficient (Wildman–Crippen LogP) is 4.39. The van der Waals surface area contributed by atoms with Crippen LogP contribution in [0.25, 0.3) is 0 Å². The molecule has 1 N–H and O–H groups in total. The average molecular weight is 432 g/mol. The average Bonchev–Trinajstić information content (AvgIpc) is 3.04. The van der Waals surface area contributed by atoms with E-state index < -0.39 is 0 Å². The summed E-state index contributed by atoms with van der Waals surface area (Å²) in [6, 6.07) is 20.3. The lowest BCUT2D eigenvalue weighted by atomic mass is 10.1. The lowest BCUT2D eigenvalue weighted by Crippen LogP contribution is -2.31. The Morgan fingerprint density at radius 2 is 1.68 bits per heavy atom. The smallest absolute Gasteiger partial charge is 0.261 e. The first-order valence-electron chi connectivity index (χ1n) is 9.99. The van der Waals surface area contributed by atoms with Crippen LogP contribution in [-0.4, -0.2) is 34.2 Å². The SMILES string of the molecule is O=C(CCCN1C(=O)c2ccccc2C1=O)Nc1cccc(CSc2ccccn2)c1. The van der Waals surface area contributed by atoms with E-state index in [1.165, 1.54) is 4.90 Å². The van der Waals surface area contributed by atoms with Gasteiger partial charge in [-0.1, -0.05) is 30.3 Å². The Balaban J connectivity index is 1.26. The molecule has 4 rings (SSSR count). The Labute approximate surface area is 184 Å². The Hall–Kier alpha value is -3.45. The maximum absolute atomic E-state index is 12.4. The molecule has 0 radical (unpaired) electrons. The molecule has 31 heavy (non-hydrogen) atoms. The molecular weight excluding hydrogens is 410 g/mol. The molecule has 1 aliphatic rings. The third kappa shape index (κ3) is 5.00. The van der Waals surface area contributed by atoms with E-state index in [4.69, 9.17) is 0 Å². The van der Waals surface area contributed by atoms with Crippen molar-refractivity contribution in [3.05, 3.63) is 89.6 Å². The van der Waals surface area contributed by atoms with E-state index in [1.807, 2.05) is 42.5 Å². The first kappa shape index (κ1) is 20.8. The van der Waals surface area contributed by atoms with Crippen LogP contribution < -0.4 is 5.32 Å². The molecule has 0 spiro atoms. The van der Waals surface area contributed by atoms with Gasteiger partial charge in [-0.3, -0.25) is 19.3 Å². The van der Waals surface area contributed by atoms with Gasteiger partial charge in [-0.15, -0.1) is 11.8 Å². The van der Waals surface area contributed by atoms with E-state index in [2.05, 4.69) is 10.3 Å². The second-order valence-corrected chi connectivity index (χ2v) is 8.11. The Morgan fingerprint density at radius 1 is 0.935 bits per heavy atom. The van der Waals surface area contributed by atoms with Crippen molar-refractivity contribution in [2.75, 3.05) is 11.9 Å². The number of imide groups is 1. The van der Waals surface area contributed by atoms with Crippen LogP contribution in [0.3, 0.4) is 0 Å². The zero-order valence-corrected chi connectivity index (χ0v) is 17.6. The number of hydrogen-bond acceptors (Lipinski definition) is 5. The van der Waals surface area contributed by atoms with Crippen molar-refractivity contribution in [1.82, 2.24) is 9.88 Å². The van der Waals surface area contributed by atoms with Crippen LogP contribution >= 0.6 is 11.8 Å². The first-order valence-corrected chi connectivity index (χ1v) is 11.0. The van der Waals surface area contributed by atoms with Crippen molar-refractivity contribution in [1.29, 1.82) is 0 Å². The molecule has 2 aromatic carbocycles. The summed E-state index contributed by atoms with van der Waals surface area (Å²) in [5, 5.41) is 3.84. The van der Waals surface area contributed by atoms with E-state index in [9.17, 15) is 14.4 Å². The van der Waals surface area contributed by atoms with Crippen LogP contribution in [0, 0.1) is 0 Å². The van der Waals surface area contributed by atoms with Gasteiger partial charge in [0.1, 0.15) is 0 Å². The molecule has 2 heterocycles. The number of carbonyl (C=O) groups is 3. The largest absolute Gasteiger partial charge is 0.326 e. The molecule has 156 valence electrons. The second kappa shape index (κ2) is 9.57. The van der Waals surface area contributed by atoms with Crippen molar-refractivity contribution in [3.63, 3.8) is 0 Å². The highest BCUT2D eigenvalue weighted by Gasteiger charge is 2.34. The van der Waals surface area contributed by atoms with Crippen LogP contribution in [0.4, 0.5) is 5.69 Å². The lowest BCUT2D eigenvalue weighted by Gasteiger charge is -2.13. The fourth-order valence-electron chi connectivity index (χ4n) is 3.39. The summed E-state index contributed by atoms with van der Waals surface area (Å²) in [6.45, 7) is 0.223. The van der Waals surface area contributed by atoms with Crippen molar-refractivity contribution in [3.8, 4) is 0 Å². The summed E-state index contributed by atoms with van der Waals surface area (Å²) in [5.41, 5.74) is 2.67. The Morgan fingerprint density at radius 3 is 2.39 bits per heavy atom. The van der Waals surface area contributed by atoms with E-state index >= 15 is 0 Å². The highest BCUT2D eigenvalue weighted by molar-refractivity contribution is 7.98. The summed E-state index contributed by atoms with van der Waals surface area (Å²) >= 11 is 1.63. The summed E-state index contributed by atoms with van der Waals surface area (Å²) in [5.74, 6) is 0.0184. The van der Waals surface area contributed by atoms with Gasteiger partial charge in [0.05, 0.1) is 16.2 Å². The molecule has 3 amide bonds. The predicted molar refractivity (Wildman–Crippen MR) is 120 cm³/mol. The number of nitrogens with one attached hydrogen (secondary N) is 1. The van der Waals surface area contributed by atoms with Gasteiger partial charge < -0.3 is 5.32 Å². The molecule has 1 aromatic heterocycles. The highest BCUT2D eigenvalue weighted by Crippen LogP contribution is 2.24. The fraction of sp³-hybridized carbons (Fsp3) is 0.167. The quantitative estimate of drug-likeness (QED) is 0.423. The number of anilines is 1. The zero-order chi connectivity index (χ0) is 21.6. The van der Waals surface area contributed by atoms with Gasteiger partial charge in [-0.2, -0.15) is 0 Å². The lowest BCUT2D eigenvalue weighted by molar-refractivity contribution is -0.116. The Bertz CT molecular complexity index is 1080. The summed E-state index contributed by atoms with van der Waals surface area (Å²) in [4.78, 5) is 42.6. The minimum Gasteiger partial charge on any atom is -0.326 e. The number of fused-ring (bicyclic) bond motifs is 1. The number of hydrogen-bond donors (Lipinski definition) is 1. The van der Waals surface area contributed by atoms with E-state index in [-0.39, 0.29) is 30.7 Å². The molecule has 1 aliphatic heterocycles. The van der Waals surface area contributed by atoms with E-state index in [0.717, 1.165) is 22.0 Å². The van der Waals surface area contributed by atoms with Crippen molar-refractivity contribution in [2.24, 2.45) is 0 Å². The maximum Gasteiger partial charge on any atom is 0.261 e. The van der Waals surface area contributed by atoms with Crippen molar-refractivity contribution >= 4 is 35.2 Å². The minimum absolute atomic E-state index is 0.147. The van der Waals surface area contributed by atoms with E-state index in [0.29, 0.717) is 17.5 Å². The fourth-order valence-corrected chi connectivity index (χ4v) is 4.20. The normalized spacial score (nSPS) is 12.7. The van der Waals surface area contributed by atoms with Crippen LogP contribution in [0.2, 0.25) is 0 Å². The molecule has 0 aliphatic carbocycles. The van der Waals surface area contributed by atoms with Crippen LogP contribution in [-0.2, 0) is 10.5 Å². The molecular formula is C24H21N3O3S. The number of benzene rings is 2. The standard InChI is InChI=1S/C24H21N3O3S/c28-21(11-6-14-27-23(29)19-9-1-2-10-20(19)24(27)30)26-18-8-5-7-17(15-18)16-31-22-12-3-4-13-25-22/h1-5,7-10,12-13,15H,6,11,14,16H2,(H,26,28). The van der Waals surface area contributed by atoms with Crippen LogP contribution in [0.5, 0.6) is 0 Å². The zero-order valence-electron chi connectivity index (χ0n) is 16.8. The van der Waals surface area contributed by atoms with Crippen molar-refractivity contribution < 1.29 is 14.4 Å². The maximum atomic E-state index is 12.4. The minimum atomic E-state index is -0.292. The number of thioether (sulfide) groups is 1. The molecule has 0 bridgehead atoms. The molecule has 0 saturated heterocycles. The van der Waals surface area contributed by atoms with Gasteiger partial charge in [0, 0.05) is 30.6 Å². The molecule has 6 nitrogen and oxygen atoms in total. The molecule has 0 saturated carbocycles. The van der Waals surface area contributed by atoms with Gasteiger partial charge in [0.25, 0.3) is 11.8 Å². The molecule has 0 fully saturated rings. The molecule has 3 aromatic rings. The summed E-state index contributed by atoms with van der Waals surface area (Å²) in [7, 11) is 0. The number of aromatic nitrogens is 1. The van der Waals surface area contributed by atoms with Gasteiger partial charge in [0.2, 0.25) is 5.91 Å². The Kier molecular flexibility index (Phi) is 6.43. The highest BCUT2D eigenvalue weighted by atomic mass is 32.2. The van der Waals surface area contributed by atoms with Crippen LogP contribution in [0.1, 0.15) is 39.1 Å². The first-order chi connectivity index (χ1) is 15.1. The summed E-state index contributed by atoms with van der Waals surface area (Å²) in [6.07, 6.45) is 2.40. The number of nitrogens with zero attached hydrogens (tertiary/aromatic N) is 2. The number of pyridine rings is 1. The summed E-state index contributed by atoms with van der Waals surface area (Å²) < 4.78 is 0. The topological polar surface area (TPSA) is 79.4 Å². The second-order valence-electron chi connectivity index (χ2n) is 7.12. The van der Waals surface area contributed by atoms with Gasteiger partial charge >= 0.3 is 0 Å². The number of rotatable bonds is 8. The third-order valence-electron chi connectivity index (χ3n) is 4.90. The molecule has 0 unspecified atom stereocenters. The number of carbonyl (C=O) groups excluding carboxylic acids is 3.